The first-order chi connectivity index (χ1) is 12.7. The van der Waals surface area contributed by atoms with Crippen LogP contribution in [0, 0.1) is 5.92 Å². The van der Waals surface area contributed by atoms with Gasteiger partial charge in [-0.15, -0.1) is 0 Å². The highest BCUT2D eigenvalue weighted by atomic mass is 16.5. The maximum atomic E-state index is 12.9. The fourth-order valence-corrected chi connectivity index (χ4v) is 3.84. The largest absolute Gasteiger partial charge is 0.481 e. The van der Waals surface area contributed by atoms with Crippen LogP contribution in [0.3, 0.4) is 0 Å². The summed E-state index contributed by atoms with van der Waals surface area (Å²) in [6.07, 6.45) is 6.53. The molecule has 0 aromatic carbocycles. The van der Waals surface area contributed by atoms with Crippen LogP contribution in [0.25, 0.3) is 0 Å². The number of hydrogen-bond donors (Lipinski definition) is 2. The van der Waals surface area contributed by atoms with E-state index < -0.39 is 0 Å². The summed E-state index contributed by atoms with van der Waals surface area (Å²) in [7, 11) is 1.57. The van der Waals surface area contributed by atoms with Crippen molar-refractivity contribution in [3.63, 3.8) is 0 Å². The molecule has 0 aliphatic heterocycles. The Morgan fingerprint density at radius 1 is 1.35 bits per heavy atom. The van der Waals surface area contributed by atoms with E-state index in [0.717, 1.165) is 42.6 Å². The van der Waals surface area contributed by atoms with Gasteiger partial charge in [0.05, 0.1) is 19.3 Å². The molecule has 2 aliphatic rings. The van der Waals surface area contributed by atoms with Crippen molar-refractivity contribution in [2.45, 2.75) is 50.7 Å². The molecule has 7 heteroatoms. The average molecular weight is 357 g/mol. The number of pyridine rings is 1. The average Bonchev–Trinajstić information content (AvgIpc) is 3.08. The maximum Gasteiger partial charge on any atom is 0.274 e. The zero-order chi connectivity index (χ0) is 18.1. The zero-order valence-electron chi connectivity index (χ0n) is 14.8. The van der Waals surface area contributed by atoms with Gasteiger partial charge in [-0.2, -0.15) is 0 Å². The van der Waals surface area contributed by atoms with Crippen LogP contribution in [0.15, 0.2) is 22.9 Å². The summed E-state index contributed by atoms with van der Waals surface area (Å²) in [5.74, 6) is 1.31. The Hall–Kier alpha value is -2.41. The van der Waals surface area contributed by atoms with Crippen molar-refractivity contribution in [2.75, 3.05) is 7.11 Å². The highest BCUT2D eigenvalue weighted by Gasteiger charge is 2.37. The van der Waals surface area contributed by atoms with Crippen molar-refractivity contribution in [1.82, 2.24) is 15.5 Å². The molecule has 2 aliphatic carbocycles. The molecule has 2 aromatic heterocycles. The molecule has 0 radical (unpaired) electrons. The summed E-state index contributed by atoms with van der Waals surface area (Å²) < 4.78 is 10.5. The van der Waals surface area contributed by atoms with Gasteiger partial charge in [0.2, 0.25) is 5.88 Å². The third-order valence-electron chi connectivity index (χ3n) is 5.40. The van der Waals surface area contributed by atoms with Gasteiger partial charge in [0.25, 0.3) is 5.91 Å². The molecule has 2 aromatic rings. The second kappa shape index (κ2) is 7.07. The lowest BCUT2D eigenvalue weighted by Crippen LogP contribution is -2.41. The van der Waals surface area contributed by atoms with Gasteiger partial charge in [0.15, 0.2) is 5.69 Å². The number of fused-ring (bicyclic) bond motifs is 1. The predicted octanol–water partition coefficient (Wildman–Crippen LogP) is 2.20. The number of carbonyl (C=O) groups excluding carboxylic acids is 1. The number of methoxy groups -OCH3 is 1. The molecule has 0 bridgehead atoms. The number of amides is 1. The molecule has 1 saturated carbocycles. The standard InChI is InChI=1S/C19H23N3O4/c1-25-16-7-6-11(10-20-16)17(12-8-13(23)9-12)21-19(24)18-14-4-2-3-5-15(14)26-22-18/h6-7,10,12-13,17,23H,2-5,8-9H2,1H3,(H,21,24)/t12?,13?,17-/m0/s1. The Kier molecular flexibility index (Phi) is 4.63. The second-order valence-electron chi connectivity index (χ2n) is 7.11. The molecule has 7 nitrogen and oxygen atoms in total. The van der Waals surface area contributed by atoms with E-state index in [4.69, 9.17) is 9.26 Å². The first-order valence-electron chi connectivity index (χ1n) is 9.12. The Bertz CT molecular complexity index is 781. The number of aliphatic hydroxyl groups excluding tert-OH is 1. The minimum atomic E-state index is -0.301. The minimum Gasteiger partial charge on any atom is -0.481 e. The molecule has 0 saturated heterocycles. The highest BCUT2D eigenvalue weighted by molar-refractivity contribution is 5.94. The molecule has 0 spiro atoms. The lowest BCUT2D eigenvalue weighted by molar-refractivity contribution is 0.0233. The van der Waals surface area contributed by atoms with Crippen LogP contribution >= 0.6 is 0 Å². The molecule has 0 unspecified atom stereocenters. The van der Waals surface area contributed by atoms with Crippen LogP contribution in [0.1, 0.15) is 59.1 Å². The topological polar surface area (TPSA) is 97.5 Å². The van der Waals surface area contributed by atoms with E-state index in [-0.39, 0.29) is 24.0 Å². The summed E-state index contributed by atoms with van der Waals surface area (Å²) in [4.78, 5) is 17.1. The van der Waals surface area contributed by atoms with Crippen molar-refractivity contribution in [3.8, 4) is 5.88 Å². The maximum absolute atomic E-state index is 12.9. The molecule has 1 fully saturated rings. The van der Waals surface area contributed by atoms with Crippen LogP contribution in [0.5, 0.6) is 5.88 Å². The van der Waals surface area contributed by atoms with Crippen molar-refractivity contribution < 1.29 is 19.2 Å². The fraction of sp³-hybridized carbons (Fsp3) is 0.526. The molecule has 1 atom stereocenters. The number of nitrogens with zero attached hydrogens (tertiary/aromatic N) is 2. The quantitative estimate of drug-likeness (QED) is 0.851. The van der Waals surface area contributed by atoms with Gasteiger partial charge >= 0.3 is 0 Å². The van der Waals surface area contributed by atoms with Gasteiger partial charge in [0.1, 0.15) is 5.76 Å². The fourth-order valence-electron chi connectivity index (χ4n) is 3.84. The van der Waals surface area contributed by atoms with Crippen molar-refractivity contribution in [1.29, 1.82) is 0 Å². The molecular weight excluding hydrogens is 334 g/mol. The van der Waals surface area contributed by atoms with E-state index in [1.165, 1.54) is 0 Å². The van der Waals surface area contributed by atoms with E-state index in [9.17, 15) is 9.90 Å². The minimum absolute atomic E-state index is 0.173. The summed E-state index contributed by atoms with van der Waals surface area (Å²) in [6.45, 7) is 0. The van der Waals surface area contributed by atoms with Gasteiger partial charge in [-0.05, 0) is 43.6 Å². The van der Waals surface area contributed by atoms with E-state index in [1.807, 2.05) is 6.07 Å². The smallest absolute Gasteiger partial charge is 0.274 e. The number of hydrogen-bond acceptors (Lipinski definition) is 6. The highest BCUT2D eigenvalue weighted by Crippen LogP contribution is 2.38. The normalized spacial score (nSPS) is 22.8. The summed E-state index contributed by atoms with van der Waals surface area (Å²) >= 11 is 0. The van der Waals surface area contributed by atoms with Crippen LogP contribution in [0.4, 0.5) is 0 Å². The van der Waals surface area contributed by atoms with Gasteiger partial charge in [-0.3, -0.25) is 4.79 Å². The molecule has 138 valence electrons. The molecular formula is C19H23N3O4. The van der Waals surface area contributed by atoms with Gasteiger partial charge < -0.3 is 19.7 Å². The lowest BCUT2D eigenvalue weighted by atomic mass is 9.75. The first kappa shape index (κ1) is 17.0. The number of aromatic nitrogens is 2. The summed E-state index contributed by atoms with van der Waals surface area (Å²) in [5.41, 5.74) is 2.23. The third kappa shape index (κ3) is 3.19. The van der Waals surface area contributed by atoms with Crippen molar-refractivity contribution >= 4 is 5.91 Å². The summed E-state index contributed by atoms with van der Waals surface area (Å²) in [6, 6.07) is 3.46. The Morgan fingerprint density at radius 3 is 2.85 bits per heavy atom. The van der Waals surface area contributed by atoms with E-state index in [2.05, 4.69) is 15.5 Å². The van der Waals surface area contributed by atoms with Crippen LogP contribution in [0.2, 0.25) is 0 Å². The molecule has 26 heavy (non-hydrogen) atoms. The number of carbonyl (C=O) groups is 1. The molecule has 1 amide bonds. The number of nitrogens with one attached hydrogen (secondary N) is 1. The second-order valence-corrected chi connectivity index (χ2v) is 7.11. The van der Waals surface area contributed by atoms with Gasteiger partial charge in [-0.25, -0.2) is 4.98 Å². The SMILES string of the molecule is COc1ccc([C@H](NC(=O)c2noc3c2CCCC3)C2CC(O)C2)cn1. The monoisotopic (exact) mass is 357 g/mol. The number of aliphatic hydroxyl groups is 1. The molecule has 2 N–H and O–H groups in total. The Balaban J connectivity index is 1.56. The lowest BCUT2D eigenvalue weighted by Gasteiger charge is -2.38. The van der Waals surface area contributed by atoms with E-state index >= 15 is 0 Å². The predicted molar refractivity (Wildman–Crippen MR) is 92.9 cm³/mol. The van der Waals surface area contributed by atoms with Crippen LogP contribution < -0.4 is 10.1 Å². The number of ether oxygens (including phenoxy) is 1. The molecule has 4 rings (SSSR count). The first-order valence-corrected chi connectivity index (χ1v) is 9.12. The Morgan fingerprint density at radius 2 is 2.15 bits per heavy atom. The number of rotatable bonds is 5. The van der Waals surface area contributed by atoms with E-state index in [1.54, 1.807) is 19.4 Å². The van der Waals surface area contributed by atoms with Crippen molar-refractivity contribution in [2.24, 2.45) is 5.92 Å². The van der Waals surface area contributed by atoms with Crippen LogP contribution in [-0.2, 0) is 12.8 Å². The summed E-state index contributed by atoms with van der Waals surface area (Å²) in [5, 5.41) is 16.8. The van der Waals surface area contributed by atoms with E-state index in [0.29, 0.717) is 24.4 Å². The zero-order valence-corrected chi connectivity index (χ0v) is 14.8. The number of aryl methyl sites for hydroxylation is 1. The molecule has 2 heterocycles. The Labute approximate surface area is 151 Å². The van der Waals surface area contributed by atoms with Crippen molar-refractivity contribution in [3.05, 3.63) is 40.9 Å². The third-order valence-corrected chi connectivity index (χ3v) is 5.40. The van der Waals surface area contributed by atoms with Gasteiger partial charge in [0, 0.05) is 24.2 Å². The van der Waals surface area contributed by atoms with Gasteiger partial charge in [-0.1, -0.05) is 11.2 Å². The van der Waals surface area contributed by atoms with Crippen LogP contribution in [-0.4, -0.2) is 34.4 Å².